The van der Waals surface area contributed by atoms with E-state index in [-0.39, 0.29) is 28.4 Å². The number of anilines is 2. The fourth-order valence-electron chi connectivity index (χ4n) is 4.22. The van der Waals surface area contributed by atoms with Gasteiger partial charge in [0.25, 0.3) is 17.7 Å². The monoisotopic (exact) mass is 474 g/mol. The first kappa shape index (κ1) is 22.9. The summed E-state index contributed by atoms with van der Waals surface area (Å²) >= 11 is 0. The molecule has 4 aromatic carbocycles. The van der Waals surface area contributed by atoms with Gasteiger partial charge in [-0.2, -0.15) is 0 Å². The standard InChI is InChI=1S/C30H22N2O4/c1-18-7-6-10-26(19(18)2)31-28(34)22-13-16-24-25(17-22)30(36)32(29(24)35)23-14-11-21(12-15-23)27(33)20-8-4-3-5-9-20/h3-17H,1-2H3,(H,31,34). The third kappa shape index (κ3) is 3.99. The van der Waals surface area contributed by atoms with Gasteiger partial charge in [0.1, 0.15) is 0 Å². The molecule has 0 unspecified atom stereocenters. The number of carbonyl (C=O) groups is 4. The van der Waals surface area contributed by atoms with Crippen LogP contribution in [0.5, 0.6) is 0 Å². The molecule has 0 saturated carbocycles. The fraction of sp³-hybridized carbons (Fsp3) is 0.0667. The molecule has 0 saturated heterocycles. The molecular weight excluding hydrogens is 452 g/mol. The number of carbonyl (C=O) groups excluding carboxylic acids is 4. The molecule has 3 amide bonds. The van der Waals surface area contributed by atoms with Crippen molar-refractivity contribution < 1.29 is 19.2 Å². The number of hydrogen-bond acceptors (Lipinski definition) is 4. The van der Waals surface area contributed by atoms with Crippen LogP contribution in [0.4, 0.5) is 11.4 Å². The van der Waals surface area contributed by atoms with Crippen LogP contribution in [0.1, 0.15) is 58.1 Å². The molecule has 1 N–H and O–H groups in total. The molecule has 176 valence electrons. The van der Waals surface area contributed by atoms with Crippen molar-refractivity contribution in [1.82, 2.24) is 0 Å². The Bertz CT molecular complexity index is 1540. The van der Waals surface area contributed by atoms with Gasteiger partial charge in [-0.3, -0.25) is 19.2 Å². The Labute approximate surface area is 208 Å². The molecule has 6 heteroatoms. The lowest BCUT2D eigenvalue weighted by Crippen LogP contribution is -2.29. The lowest BCUT2D eigenvalue weighted by molar-refractivity contribution is 0.0924. The van der Waals surface area contributed by atoms with Gasteiger partial charge in [0, 0.05) is 22.4 Å². The van der Waals surface area contributed by atoms with Gasteiger partial charge < -0.3 is 5.32 Å². The molecule has 1 aliphatic heterocycles. The highest BCUT2D eigenvalue weighted by atomic mass is 16.2. The number of fused-ring (bicyclic) bond motifs is 1. The largest absolute Gasteiger partial charge is 0.322 e. The highest BCUT2D eigenvalue weighted by Crippen LogP contribution is 2.30. The van der Waals surface area contributed by atoms with E-state index in [2.05, 4.69) is 5.32 Å². The predicted octanol–water partition coefficient (Wildman–Crippen LogP) is 5.59. The SMILES string of the molecule is Cc1cccc(NC(=O)c2ccc3c(c2)C(=O)N(c2ccc(C(=O)c4ccccc4)cc2)C3=O)c1C. The Morgan fingerprint density at radius 2 is 1.31 bits per heavy atom. The van der Waals surface area contributed by atoms with Crippen molar-refractivity contribution in [3.05, 3.63) is 130 Å². The summed E-state index contributed by atoms with van der Waals surface area (Å²) in [5, 5.41) is 2.88. The molecular formula is C30H22N2O4. The number of nitrogens with zero attached hydrogens (tertiary/aromatic N) is 1. The van der Waals surface area contributed by atoms with E-state index in [1.54, 1.807) is 48.5 Å². The highest BCUT2D eigenvalue weighted by molar-refractivity contribution is 6.35. The number of imide groups is 1. The average Bonchev–Trinajstić information content (AvgIpc) is 3.16. The van der Waals surface area contributed by atoms with Gasteiger partial charge in [-0.1, -0.05) is 42.5 Å². The van der Waals surface area contributed by atoms with Gasteiger partial charge in [0.05, 0.1) is 16.8 Å². The molecule has 5 rings (SSSR count). The zero-order chi connectivity index (χ0) is 25.4. The third-order valence-corrected chi connectivity index (χ3v) is 6.43. The minimum atomic E-state index is -0.515. The highest BCUT2D eigenvalue weighted by Gasteiger charge is 2.37. The summed E-state index contributed by atoms with van der Waals surface area (Å²) in [6.45, 7) is 3.88. The van der Waals surface area contributed by atoms with Crippen LogP contribution >= 0.6 is 0 Å². The van der Waals surface area contributed by atoms with Gasteiger partial charge in [0.2, 0.25) is 0 Å². The van der Waals surface area contributed by atoms with Crippen LogP contribution in [0.2, 0.25) is 0 Å². The van der Waals surface area contributed by atoms with Crippen molar-refractivity contribution in [3.63, 3.8) is 0 Å². The number of aryl methyl sites for hydroxylation is 1. The first-order valence-corrected chi connectivity index (χ1v) is 11.5. The molecule has 6 nitrogen and oxygen atoms in total. The lowest BCUT2D eigenvalue weighted by atomic mass is 10.0. The number of ketones is 1. The maximum Gasteiger partial charge on any atom is 0.266 e. The molecule has 1 heterocycles. The van der Waals surface area contributed by atoms with Crippen molar-refractivity contribution in [3.8, 4) is 0 Å². The summed E-state index contributed by atoms with van der Waals surface area (Å²) in [4.78, 5) is 52.8. The van der Waals surface area contributed by atoms with E-state index in [1.165, 1.54) is 18.2 Å². The van der Waals surface area contributed by atoms with E-state index in [0.29, 0.717) is 22.5 Å². The Kier molecular flexibility index (Phi) is 5.78. The quantitative estimate of drug-likeness (QED) is 0.302. The smallest absolute Gasteiger partial charge is 0.266 e. The summed E-state index contributed by atoms with van der Waals surface area (Å²) in [6, 6.07) is 25.3. The van der Waals surface area contributed by atoms with Gasteiger partial charge in [-0.15, -0.1) is 0 Å². The molecule has 1 aliphatic rings. The fourth-order valence-corrected chi connectivity index (χ4v) is 4.22. The van der Waals surface area contributed by atoms with Gasteiger partial charge in [-0.05, 0) is 73.5 Å². The molecule has 4 aromatic rings. The van der Waals surface area contributed by atoms with Crippen LogP contribution in [0.15, 0.2) is 91.0 Å². The zero-order valence-electron chi connectivity index (χ0n) is 19.7. The Morgan fingerprint density at radius 3 is 2.03 bits per heavy atom. The first-order chi connectivity index (χ1) is 17.3. The summed E-state index contributed by atoms with van der Waals surface area (Å²) in [5.41, 5.74) is 4.73. The summed E-state index contributed by atoms with van der Waals surface area (Å²) in [5.74, 6) is -1.50. The van der Waals surface area contributed by atoms with Crippen molar-refractivity contribution in [1.29, 1.82) is 0 Å². The number of benzene rings is 4. The number of nitrogens with one attached hydrogen (secondary N) is 1. The van der Waals surface area contributed by atoms with Crippen LogP contribution in [0.3, 0.4) is 0 Å². The van der Waals surface area contributed by atoms with Gasteiger partial charge in [0.15, 0.2) is 5.78 Å². The maximum absolute atomic E-state index is 13.2. The molecule has 0 bridgehead atoms. The second-order valence-corrected chi connectivity index (χ2v) is 8.65. The van der Waals surface area contributed by atoms with Crippen LogP contribution in [-0.2, 0) is 0 Å². The number of rotatable bonds is 5. The van der Waals surface area contributed by atoms with Gasteiger partial charge >= 0.3 is 0 Å². The summed E-state index contributed by atoms with van der Waals surface area (Å²) < 4.78 is 0. The maximum atomic E-state index is 13.2. The Balaban J connectivity index is 1.38. The molecule has 0 radical (unpaired) electrons. The first-order valence-electron chi connectivity index (χ1n) is 11.5. The van der Waals surface area contributed by atoms with E-state index in [1.807, 2.05) is 38.1 Å². The summed E-state index contributed by atoms with van der Waals surface area (Å²) in [7, 11) is 0. The van der Waals surface area contributed by atoms with Crippen LogP contribution < -0.4 is 10.2 Å². The van der Waals surface area contributed by atoms with E-state index in [0.717, 1.165) is 16.0 Å². The normalized spacial score (nSPS) is 12.4. The topological polar surface area (TPSA) is 83.6 Å². The van der Waals surface area contributed by atoms with Crippen molar-refractivity contribution in [2.45, 2.75) is 13.8 Å². The van der Waals surface area contributed by atoms with Gasteiger partial charge in [-0.25, -0.2) is 4.90 Å². The Morgan fingerprint density at radius 1 is 0.667 bits per heavy atom. The van der Waals surface area contributed by atoms with Crippen molar-refractivity contribution >= 4 is 34.9 Å². The molecule has 0 spiro atoms. The lowest BCUT2D eigenvalue weighted by Gasteiger charge is -2.14. The van der Waals surface area contributed by atoms with Crippen molar-refractivity contribution in [2.75, 3.05) is 10.2 Å². The zero-order valence-corrected chi connectivity index (χ0v) is 19.7. The van der Waals surface area contributed by atoms with Crippen molar-refractivity contribution in [2.24, 2.45) is 0 Å². The van der Waals surface area contributed by atoms with E-state index in [4.69, 9.17) is 0 Å². The second-order valence-electron chi connectivity index (χ2n) is 8.65. The van der Waals surface area contributed by atoms with Crippen LogP contribution in [0, 0.1) is 13.8 Å². The number of amides is 3. The molecule has 36 heavy (non-hydrogen) atoms. The Hall–Kier alpha value is -4.84. The predicted molar refractivity (Wildman–Crippen MR) is 138 cm³/mol. The minimum absolute atomic E-state index is 0.149. The molecule has 0 aliphatic carbocycles. The number of hydrogen-bond donors (Lipinski definition) is 1. The van der Waals surface area contributed by atoms with Crippen LogP contribution in [0.25, 0.3) is 0 Å². The molecule has 0 aromatic heterocycles. The summed E-state index contributed by atoms with van der Waals surface area (Å²) in [6.07, 6.45) is 0. The van der Waals surface area contributed by atoms with Crippen LogP contribution in [-0.4, -0.2) is 23.5 Å². The molecule has 0 atom stereocenters. The third-order valence-electron chi connectivity index (χ3n) is 6.43. The van der Waals surface area contributed by atoms with E-state index >= 15 is 0 Å². The minimum Gasteiger partial charge on any atom is -0.322 e. The molecule has 0 fully saturated rings. The second kappa shape index (κ2) is 9.07. The van der Waals surface area contributed by atoms with E-state index in [9.17, 15) is 19.2 Å². The van der Waals surface area contributed by atoms with E-state index < -0.39 is 11.8 Å². The average molecular weight is 475 g/mol.